The minimum atomic E-state index is -4.01. The number of rotatable bonds is 7. The monoisotopic (exact) mass is 254 g/mol. The molecule has 94 valence electrons. The van der Waals surface area contributed by atoms with Gasteiger partial charge in [-0.3, -0.25) is 9.59 Å². The quantitative estimate of drug-likeness (QED) is 0.448. The van der Waals surface area contributed by atoms with Gasteiger partial charge >= 0.3 is 11.9 Å². The van der Waals surface area contributed by atoms with E-state index in [-0.39, 0.29) is 0 Å². The molecule has 1 atom stereocenters. The highest BCUT2D eigenvalue weighted by Gasteiger charge is 2.26. The lowest BCUT2D eigenvalue weighted by atomic mass is 10.2. The van der Waals surface area contributed by atoms with E-state index < -0.39 is 40.7 Å². The SMILES string of the molecule is CC(C)NS(=O)(=O)N[C@H](CC(=O)O)C(=O)O. The van der Waals surface area contributed by atoms with Gasteiger partial charge in [0, 0.05) is 6.04 Å². The second-order valence-corrected chi connectivity index (χ2v) is 4.86. The van der Waals surface area contributed by atoms with Gasteiger partial charge in [-0.15, -0.1) is 0 Å². The Morgan fingerprint density at radius 2 is 1.69 bits per heavy atom. The third kappa shape index (κ3) is 6.32. The highest BCUT2D eigenvalue weighted by molar-refractivity contribution is 7.87. The van der Waals surface area contributed by atoms with E-state index in [1.54, 1.807) is 18.6 Å². The zero-order valence-corrected chi connectivity index (χ0v) is 9.61. The second-order valence-electron chi connectivity index (χ2n) is 3.38. The van der Waals surface area contributed by atoms with E-state index in [0.717, 1.165) is 0 Å². The number of hydrogen-bond donors (Lipinski definition) is 4. The fraction of sp³-hybridized carbons (Fsp3) is 0.714. The lowest BCUT2D eigenvalue weighted by Crippen LogP contribution is -2.48. The number of hydrogen-bond acceptors (Lipinski definition) is 4. The summed E-state index contributed by atoms with van der Waals surface area (Å²) in [6.45, 7) is 3.10. The van der Waals surface area contributed by atoms with Crippen LogP contribution in [0.3, 0.4) is 0 Å². The van der Waals surface area contributed by atoms with Gasteiger partial charge in [0.1, 0.15) is 6.04 Å². The molecule has 0 heterocycles. The van der Waals surface area contributed by atoms with E-state index >= 15 is 0 Å². The highest BCUT2D eigenvalue weighted by atomic mass is 32.2. The Hall–Kier alpha value is -1.19. The molecule has 0 rings (SSSR count). The molecule has 8 nitrogen and oxygen atoms in total. The maximum atomic E-state index is 11.3. The predicted octanol–water partition coefficient (Wildman–Crippen LogP) is -1.25. The van der Waals surface area contributed by atoms with Gasteiger partial charge in [-0.25, -0.2) is 0 Å². The lowest BCUT2D eigenvalue weighted by Gasteiger charge is -2.14. The molecule has 0 unspecified atom stereocenters. The zero-order valence-electron chi connectivity index (χ0n) is 8.80. The van der Waals surface area contributed by atoms with E-state index in [0.29, 0.717) is 0 Å². The van der Waals surface area contributed by atoms with Crippen LogP contribution in [0.5, 0.6) is 0 Å². The van der Waals surface area contributed by atoms with Crippen LogP contribution in [-0.4, -0.2) is 42.7 Å². The van der Waals surface area contributed by atoms with Crippen LogP contribution in [0.2, 0.25) is 0 Å². The number of carbonyl (C=O) groups is 2. The molecule has 16 heavy (non-hydrogen) atoms. The van der Waals surface area contributed by atoms with Crippen LogP contribution in [-0.2, 0) is 19.8 Å². The molecule has 0 bridgehead atoms. The van der Waals surface area contributed by atoms with E-state index in [1.807, 2.05) is 0 Å². The molecule has 0 aliphatic carbocycles. The van der Waals surface area contributed by atoms with Crippen LogP contribution in [0.25, 0.3) is 0 Å². The largest absolute Gasteiger partial charge is 0.481 e. The molecular weight excluding hydrogens is 240 g/mol. The summed E-state index contributed by atoms with van der Waals surface area (Å²) in [6, 6.07) is -2.11. The molecule has 4 N–H and O–H groups in total. The Labute approximate surface area is 92.8 Å². The first-order chi connectivity index (χ1) is 7.14. The van der Waals surface area contributed by atoms with E-state index in [2.05, 4.69) is 4.72 Å². The van der Waals surface area contributed by atoms with Crippen molar-refractivity contribution in [2.24, 2.45) is 0 Å². The Morgan fingerprint density at radius 3 is 2.00 bits per heavy atom. The number of aliphatic carboxylic acids is 2. The first-order valence-corrected chi connectivity index (χ1v) is 5.86. The summed E-state index contributed by atoms with van der Waals surface area (Å²) in [7, 11) is -4.01. The topological polar surface area (TPSA) is 133 Å². The maximum absolute atomic E-state index is 11.3. The number of carboxylic acid groups (broad SMARTS) is 2. The van der Waals surface area contributed by atoms with Crippen molar-refractivity contribution in [3.63, 3.8) is 0 Å². The van der Waals surface area contributed by atoms with Gasteiger partial charge in [0.15, 0.2) is 0 Å². The van der Waals surface area contributed by atoms with Crippen molar-refractivity contribution in [2.75, 3.05) is 0 Å². The van der Waals surface area contributed by atoms with Crippen molar-refractivity contribution in [2.45, 2.75) is 32.4 Å². The molecule has 0 spiro atoms. The van der Waals surface area contributed by atoms with Gasteiger partial charge in [-0.2, -0.15) is 17.9 Å². The van der Waals surface area contributed by atoms with Crippen LogP contribution in [0.15, 0.2) is 0 Å². The van der Waals surface area contributed by atoms with Crippen molar-refractivity contribution in [1.82, 2.24) is 9.44 Å². The molecule has 0 radical (unpaired) electrons. The molecule has 0 amide bonds. The minimum Gasteiger partial charge on any atom is -0.481 e. The number of nitrogens with one attached hydrogen (secondary N) is 2. The van der Waals surface area contributed by atoms with Gasteiger partial charge in [0.2, 0.25) is 0 Å². The molecule has 0 aromatic rings. The molecular formula is C7H14N2O6S. The Balaban J connectivity index is 4.63. The summed E-state index contributed by atoms with van der Waals surface area (Å²) in [6.07, 6.45) is -0.825. The van der Waals surface area contributed by atoms with Crippen LogP contribution in [0.4, 0.5) is 0 Å². The first-order valence-electron chi connectivity index (χ1n) is 4.38. The van der Waals surface area contributed by atoms with Gasteiger partial charge in [0.25, 0.3) is 10.2 Å². The average Bonchev–Trinajstić information content (AvgIpc) is 1.98. The second kappa shape index (κ2) is 5.77. The average molecular weight is 254 g/mol. The zero-order chi connectivity index (χ0) is 12.9. The summed E-state index contributed by atoms with van der Waals surface area (Å²) in [5, 5.41) is 17.0. The fourth-order valence-electron chi connectivity index (χ4n) is 0.886. The van der Waals surface area contributed by atoms with Crippen molar-refractivity contribution < 1.29 is 28.2 Å². The molecule has 9 heteroatoms. The smallest absolute Gasteiger partial charge is 0.322 e. The Kier molecular flexibility index (Phi) is 5.35. The van der Waals surface area contributed by atoms with Gasteiger partial charge < -0.3 is 10.2 Å². The summed E-state index contributed by atoms with van der Waals surface area (Å²) in [4.78, 5) is 20.9. The molecule has 0 fully saturated rings. The Bertz CT molecular complexity index is 363. The molecule has 0 aliphatic rings. The fourth-order valence-corrected chi connectivity index (χ4v) is 2.13. The minimum absolute atomic E-state index is 0.420. The van der Waals surface area contributed by atoms with Crippen LogP contribution in [0, 0.1) is 0 Å². The Morgan fingerprint density at radius 1 is 1.19 bits per heavy atom. The van der Waals surface area contributed by atoms with Crippen LogP contribution >= 0.6 is 0 Å². The first kappa shape index (κ1) is 14.8. The normalized spacial score (nSPS) is 13.7. The van der Waals surface area contributed by atoms with E-state index in [4.69, 9.17) is 10.2 Å². The van der Waals surface area contributed by atoms with Gasteiger partial charge in [-0.05, 0) is 13.8 Å². The van der Waals surface area contributed by atoms with Crippen LogP contribution in [0.1, 0.15) is 20.3 Å². The lowest BCUT2D eigenvalue weighted by molar-refractivity contribution is -0.145. The summed E-state index contributed by atoms with van der Waals surface area (Å²) < 4.78 is 26.3. The maximum Gasteiger partial charge on any atom is 0.322 e. The van der Waals surface area contributed by atoms with Crippen molar-refractivity contribution in [3.05, 3.63) is 0 Å². The third-order valence-electron chi connectivity index (χ3n) is 1.37. The molecule has 0 saturated carbocycles. The van der Waals surface area contributed by atoms with E-state index in [9.17, 15) is 18.0 Å². The van der Waals surface area contributed by atoms with Gasteiger partial charge in [-0.1, -0.05) is 0 Å². The molecule has 0 aromatic heterocycles. The molecule has 0 aromatic carbocycles. The predicted molar refractivity (Wildman–Crippen MR) is 54.0 cm³/mol. The standard InChI is InChI=1S/C7H14N2O6S/c1-4(2)8-16(14,15)9-5(7(12)13)3-6(10)11/h4-5,8-9H,3H2,1-2H3,(H,10,11)(H,12,13)/t5-/m1/s1. The van der Waals surface area contributed by atoms with Crippen LogP contribution < -0.4 is 9.44 Å². The summed E-state index contributed by atoms with van der Waals surface area (Å²) >= 11 is 0. The van der Waals surface area contributed by atoms with Crippen molar-refractivity contribution >= 4 is 22.1 Å². The number of carboxylic acids is 2. The van der Waals surface area contributed by atoms with Crippen molar-refractivity contribution in [3.8, 4) is 0 Å². The van der Waals surface area contributed by atoms with Gasteiger partial charge in [0.05, 0.1) is 6.42 Å². The highest BCUT2D eigenvalue weighted by Crippen LogP contribution is 1.96. The molecule has 0 aliphatic heterocycles. The summed E-state index contributed by atoms with van der Waals surface area (Å²) in [5.74, 6) is -2.95. The van der Waals surface area contributed by atoms with Crippen molar-refractivity contribution in [1.29, 1.82) is 0 Å². The van der Waals surface area contributed by atoms with E-state index in [1.165, 1.54) is 0 Å². The molecule has 0 saturated heterocycles. The third-order valence-corrected chi connectivity index (χ3v) is 2.74. The summed E-state index contributed by atoms with van der Waals surface area (Å²) in [5.41, 5.74) is 0.